The number of aromatic nitrogens is 1. The Morgan fingerprint density at radius 1 is 0.795 bits per heavy atom. The zero-order valence-corrected chi connectivity index (χ0v) is 25.1. The second-order valence-electron chi connectivity index (χ2n) is 10.4. The van der Waals surface area contributed by atoms with E-state index >= 15 is 0 Å². The van der Waals surface area contributed by atoms with Gasteiger partial charge in [0.2, 0.25) is 0 Å². The Hall–Kier alpha value is -4.52. The number of anilines is 3. The first kappa shape index (κ1) is 29.5. The number of rotatable bonds is 8. The van der Waals surface area contributed by atoms with Crippen LogP contribution in [0.25, 0.3) is 0 Å². The largest absolute Gasteiger partial charge is 0.378 e. The van der Waals surface area contributed by atoms with Gasteiger partial charge in [-0.15, -0.1) is 0 Å². The molecule has 2 fully saturated rings. The minimum atomic E-state index is -0.371. The average Bonchev–Trinajstić information content (AvgIpc) is 3.09. The molecule has 0 atom stereocenters. The van der Waals surface area contributed by atoms with Gasteiger partial charge in [0.25, 0.3) is 5.91 Å². The summed E-state index contributed by atoms with van der Waals surface area (Å²) >= 11 is 1.68. The number of nitrogens with zero attached hydrogens (tertiary/aromatic N) is 4. The lowest BCUT2D eigenvalue weighted by Crippen LogP contribution is -2.39. The van der Waals surface area contributed by atoms with Crippen molar-refractivity contribution >= 4 is 40.9 Å². The fourth-order valence-corrected chi connectivity index (χ4v) is 6.02. The summed E-state index contributed by atoms with van der Waals surface area (Å²) < 4.78 is 13.3. The summed E-state index contributed by atoms with van der Waals surface area (Å²) in [6, 6.07) is 19.7. The predicted molar refractivity (Wildman–Crippen MR) is 172 cm³/mol. The van der Waals surface area contributed by atoms with E-state index in [0.717, 1.165) is 69.7 Å². The van der Waals surface area contributed by atoms with Gasteiger partial charge in [0, 0.05) is 67.5 Å². The van der Waals surface area contributed by atoms with Gasteiger partial charge in [-0.3, -0.25) is 14.1 Å². The van der Waals surface area contributed by atoms with Crippen LogP contribution in [-0.2, 0) is 16.0 Å². The number of carbonyl (C=O) groups excluding carboxylic acids is 2. The summed E-state index contributed by atoms with van der Waals surface area (Å²) in [6.45, 7) is 6.68. The van der Waals surface area contributed by atoms with Gasteiger partial charge in [0.15, 0.2) is 0 Å². The third-order valence-corrected chi connectivity index (χ3v) is 8.43. The molecule has 4 heterocycles. The highest BCUT2D eigenvalue weighted by molar-refractivity contribution is 8.04. The van der Waals surface area contributed by atoms with E-state index in [-0.39, 0.29) is 11.9 Å². The summed E-state index contributed by atoms with van der Waals surface area (Å²) in [5.41, 5.74) is 4.68. The van der Waals surface area contributed by atoms with Crippen molar-refractivity contribution in [2.75, 3.05) is 67.5 Å². The van der Waals surface area contributed by atoms with Crippen LogP contribution in [0, 0.1) is 0 Å². The van der Waals surface area contributed by atoms with E-state index in [1.165, 1.54) is 5.03 Å². The summed E-state index contributed by atoms with van der Waals surface area (Å²) in [6.07, 6.45) is 6.12. The van der Waals surface area contributed by atoms with Gasteiger partial charge in [-0.05, 0) is 66.7 Å². The number of urea groups is 1. The van der Waals surface area contributed by atoms with Crippen molar-refractivity contribution in [1.82, 2.24) is 20.1 Å². The second kappa shape index (κ2) is 14.3. The molecule has 3 aromatic rings. The number of pyridine rings is 1. The molecule has 3 aliphatic rings. The Bertz CT molecular complexity index is 1490. The van der Waals surface area contributed by atoms with Crippen molar-refractivity contribution in [3.8, 4) is 0 Å². The van der Waals surface area contributed by atoms with Gasteiger partial charge < -0.3 is 35.2 Å². The van der Waals surface area contributed by atoms with Gasteiger partial charge in [0.1, 0.15) is 0 Å². The molecule has 0 bridgehead atoms. The van der Waals surface area contributed by atoms with Gasteiger partial charge >= 0.3 is 6.03 Å². The van der Waals surface area contributed by atoms with Crippen LogP contribution in [0.5, 0.6) is 0 Å². The predicted octanol–water partition coefficient (Wildman–Crippen LogP) is 4.47. The zero-order valence-electron chi connectivity index (χ0n) is 24.3. The Morgan fingerprint density at radius 2 is 1.43 bits per heavy atom. The molecule has 6 rings (SSSR count). The summed E-state index contributed by atoms with van der Waals surface area (Å²) in [4.78, 5) is 34.1. The number of ether oxygens (including phenoxy) is 2. The molecule has 3 aliphatic heterocycles. The van der Waals surface area contributed by atoms with Crippen LogP contribution in [-0.4, -0.2) is 79.3 Å². The molecular weight excluding hydrogens is 578 g/mol. The SMILES string of the molecule is O=C(Nc1ccc(C(=O)NCc2ccccn2)cc1)Nc1ccc(N2C=C(N3CCOCC3)C=C(N3CCOCC3)S2)cc1. The maximum atomic E-state index is 12.7. The van der Waals surface area contributed by atoms with Gasteiger partial charge in [-0.25, -0.2) is 4.79 Å². The molecule has 2 saturated heterocycles. The average molecular weight is 614 g/mol. The number of carbonyl (C=O) groups is 2. The fourth-order valence-electron chi connectivity index (χ4n) is 4.96. The topological polar surface area (TPSA) is 111 Å². The minimum Gasteiger partial charge on any atom is -0.378 e. The van der Waals surface area contributed by atoms with E-state index in [4.69, 9.17) is 9.47 Å². The Morgan fingerprint density at radius 3 is 2.07 bits per heavy atom. The van der Waals surface area contributed by atoms with Crippen LogP contribution in [0.15, 0.2) is 95.9 Å². The number of morpholine rings is 2. The van der Waals surface area contributed by atoms with E-state index in [0.29, 0.717) is 23.5 Å². The van der Waals surface area contributed by atoms with Crippen molar-refractivity contribution in [1.29, 1.82) is 0 Å². The highest BCUT2D eigenvalue weighted by Crippen LogP contribution is 2.37. The molecule has 3 N–H and O–H groups in total. The molecule has 11 nitrogen and oxygen atoms in total. The van der Waals surface area contributed by atoms with E-state index in [1.54, 1.807) is 42.4 Å². The van der Waals surface area contributed by atoms with Crippen molar-refractivity contribution in [2.45, 2.75) is 6.54 Å². The third kappa shape index (κ3) is 7.70. The molecule has 3 amide bonds. The number of hydrogen-bond acceptors (Lipinski definition) is 9. The van der Waals surface area contributed by atoms with Crippen LogP contribution >= 0.6 is 11.9 Å². The molecule has 0 unspecified atom stereocenters. The normalized spacial score (nSPS) is 17.0. The molecule has 0 spiro atoms. The molecule has 44 heavy (non-hydrogen) atoms. The monoisotopic (exact) mass is 613 g/mol. The molecule has 0 aliphatic carbocycles. The molecule has 0 radical (unpaired) electrons. The number of hydrogen-bond donors (Lipinski definition) is 3. The molecule has 1 aromatic heterocycles. The molecule has 228 valence electrons. The maximum absolute atomic E-state index is 12.7. The number of benzene rings is 2. The first-order chi connectivity index (χ1) is 21.6. The van der Waals surface area contributed by atoms with E-state index in [1.807, 2.05) is 42.5 Å². The van der Waals surface area contributed by atoms with Crippen LogP contribution < -0.4 is 20.3 Å². The Balaban J connectivity index is 1.05. The van der Waals surface area contributed by atoms with Crippen LogP contribution in [0.2, 0.25) is 0 Å². The summed E-state index contributed by atoms with van der Waals surface area (Å²) in [5, 5.41) is 9.74. The smallest absolute Gasteiger partial charge is 0.323 e. The molecule has 2 aromatic carbocycles. The quantitative estimate of drug-likeness (QED) is 0.317. The molecule has 12 heteroatoms. The second-order valence-corrected chi connectivity index (χ2v) is 11.4. The van der Waals surface area contributed by atoms with Gasteiger partial charge in [-0.1, -0.05) is 6.07 Å². The fraction of sp³-hybridized carbons (Fsp3) is 0.281. The highest BCUT2D eigenvalue weighted by atomic mass is 32.2. The van der Waals surface area contributed by atoms with Crippen molar-refractivity contribution in [3.05, 3.63) is 107 Å². The third-order valence-electron chi connectivity index (χ3n) is 7.35. The lowest BCUT2D eigenvalue weighted by molar-refractivity contribution is 0.0532. The molecule has 0 saturated carbocycles. The van der Waals surface area contributed by atoms with Crippen LogP contribution in [0.1, 0.15) is 16.1 Å². The number of nitrogens with one attached hydrogen (secondary N) is 3. The first-order valence-electron chi connectivity index (χ1n) is 14.6. The van der Waals surface area contributed by atoms with Gasteiger partial charge in [-0.2, -0.15) is 0 Å². The zero-order chi connectivity index (χ0) is 30.1. The van der Waals surface area contributed by atoms with Crippen molar-refractivity contribution in [3.63, 3.8) is 0 Å². The lowest BCUT2D eigenvalue weighted by Gasteiger charge is -2.38. The highest BCUT2D eigenvalue weighted by Gasteiger charge is 2.24. The number of amides is 3. The van der Waals surface area contributed by atoms with E-state index in [2.05, 4.69) is 47.3 Å². The van der Waals surface area contributed by atoms with Crippen molar-refractivity contribution in [2.24, 2.45) is 0 Å². The summed E-state index contributed by atoms with van der Waals surface area (Å²) in [5.74, 6) is -0.210. The summed E-state index contributed by atoms with van der Waals surface area (Å²) in [7, 11) is 0. The van der Waals surface area contributed by atoms with E-state index in [9.17, 15) is 9.59 Å². The Labute approximate surface area is 261 Å². The lowest BCUT2D eigenvalue weighted by atomic mass is 10.2. The van der Waals surface area contributed by atoms with Gasteiger partial charge in [0.05, 0.1) is 55.1 Å². The van der Waals surface area contributed by atoms with Crippen LogP contribution in [0.3, 0.4) is 0 Å². The number of allylic oxidation sites excluding steroid dienone is 1. The first-order valence-corrected chi connectivity index (χ1v) is 15.4. The van der Waals surface area contributed by atoms with Crippen molar-refractivity contribution < 1.29 is 19.1 Å². The van der Waals surface area contributed by atoms with Crippen LogP contribution in [0.4, 0.5) is 21.9 Å². The van der Waals surface area contributed by atoms with E-state index < -0.39 is 0 Å². The minimum absolute atomic E-state index is 0.210. The maximum Gasteiger partial charge on any atom is 0.323 e. The Kier molecular flexibility index (Phi) is 9.60. The standard InChI is InChI=1S/C32H35N7O4S/c40-31(34-22-27-3-1-2-12-33-27)24-4-6-25(7-5-24)35-32(41)36-26-8-10-28(11-9-26)39-23-29(37-13-17-42-18-14-37)21-30(44-39)38-15-19-43-20-16-38/h1-12,21,23H,13-20,22H2,(H,34,40)(H2,35,36,41). The molecular formula is C32H35N7O4S.